The van der Waals surface area contributed by atoms with Gasteiger partial charge >= 0.3 is 0 Å². The van der Waals surface area contributed by atoms with Gasteiger partial charge in [-0.25, -0.2) is 9.97 Å². The topological polar surface area (TPSA) is 89.1 Å². The van der Waals surface area contributed by atoms with Crippen LogP contribution < -0.4 is 10.1 Å². The van der Waals surface area contributed by atoms with Crippen molar-refractivity contribution in [2.45, 2.75) is 70.8 Å². The molecule has 0 saturated carbocycles. The molecule has 2 aromatic carbocycles. The number of ether oxygens (including phenoxy) is 1. The van der Waals surface area contributed by atoms with Crippen LogP contribution in [0, 0.1) is 0 Å². The number of aromatic nitrogens is 3. The van der Waals surface area contributed by atoms with Crippen LogP contribution in [-0.4, -0.2) is 47.9 Å². The maximum atomic E-state index is 12.9. The van der Waals surface area contributed by atoms with Crippen LogP contribution in [0.4, 0.5) is 0 Å². The van der Waals surface area contributed by atoms with Crippen molar-refractivity contribution in [3.05, 3.63) is 88.8 Å². The molecular weight excluding hydrogens is 537 g/mol. The highest BCUT2D eigenvalue weighted by molar-refractivity contribution is 7.10. The third-order valence-electron chi connectivity index (χ3n) is 7.48. The van der Waals surface area contributed by atoms with Crippen molar-refractivity contribution in [1.82, 2.24) is 20.3 Å². The summed E-state index contributed by atoms with van der Waals surface area (Å²) in [6, 6.07) is 18.2. The molecule has 2 heterocycles. The Morgan fingerprint density at radius 1 is 1.12 bits per heavy atom. The largest absolute Gasteiger partial charge is 0.493 e. The molecule has 40 heavy (non-hydrogen) atoms. The molecule has 0 aliphatic carbocycles. The molecule has 0 saturated heterocycles. The first-order valence-electron chi connectivity index (χ1n) is 13.7. The van der Waals surface area contributed by atoms with Gasteiger partial charge in [-0.3, -0.25) is 4.79 Å². The van der Waals surface area contributed by atoms with Gasteiger partial charge in [0.05, 0.1) is 35.8 Å². The van der Waals surface area contributed by atoms with E-state index >= 15 is 0 Å². The molecular formula is C31H40N4O3SSi. The van der Waals surface area contributed by atoms with Gasteiger partial charge in [-0.15, -0.1) is 11.3 Å². The molecule has 0 fully saturated rings. The summed E-state index contributed by atoms with van der Waals surface area (Å²) in [7, 11) is -2.04. The molecule has 0 aliphatic heterocycles. The summed E-state index contributed by atoms with van der Waals surface area (Å²) >= 11 is 1.67. The molecule has 212 valence electrons. The van der Waals surface area contributed by atoms with Crippen molar-refractivity contribution in [2.75, 3.05) is 6.61 Å². The summed E-state index contributed by atoms with van der Waals surface area (Å²) in [4.78, 5) is 24.6. The summed E-state index contributed by atoms with van der Waals surface area (Å²) in [6.45, 7) is 13.6. The minimum absolute atomic E-state index is 0.0611. The van der Waals surface area contributed by atoms with Crippen LogP contribution >= 0.6 is 11.3 Å². The highest BCUT2D eigenvalue weighted by Gasteiger charge is 2.40. The molecule has 0 unspecified atom stereocenters. The summed E-state index contributed by atoms with van der Waals surface area (Å²) in [5, 5.41) is 6.36. The number of carbonyl (C=O) groups is 1. The van der Waals surface area contributed by atoms with Crippen molar-refractivity contribution in [1.29, 1.82) is 0 Å². The fraction of sp³-hybridized carbons (Fsp3) is 0.387. The highest BCUT2D eigenvalue weighted by Crippen LogP contribution is 2.37. The first-order chi connectivity index (χ1) is 19.0. The molecule has 2 aromatic heterocycles. The third kappa shape index (κ3) is 7.90. The summed E-state index contributed by atoms with van der Waals surface area (Å²) in [5.41, 5.74) is 3.57. The SMILES string of the molecule is C[C@H](O[Si](C)(C)C(C)(C)C)[C@@H](CCOc1cccc(-c2csc(Cc3ccccc3)n2)c1)NC(=O)c1c[nH]cn1. The zero-order valence-electron chi connectivity index (χ0n) is 24.2. The van der Waals surface area contributed by atoms with Gasteiger partial charge in [-0.2, -0.15) is 0 Å². The predicted octanol–water partition coefficient (Wildman–Crippen LogP) is 7.10. The molecule has 0 radical (unpaired) electrons. The van der Waals surface area contributed by atoms with Crippen LogP contribution in [0.15, 0.2) is 72.5 Å². The maximum Gasteiger partial charge on any atom is 0.271 e. The second-order valence-electron chi connectivity index (χ2n) is 11.6. The monoisotopic (exact) mass is 576 g/mol. The van der Waals surface area contributed by atoms with E-state index < -0.39 is 8.32 Å². The number of nitrogens with zero attached hydrogens (tertiary/aromatic N) is 2. The number of carbonyl (C=O) groups excluding carboxylic acids is 1. The van der Waals surface area contributed by atoms with Crippen LogP contribution in [0.3, 0.4) is 0 Å². The van der Waals surface area contributed by atoms with Crippen molar-refractivity contribution in [2.24, 2.45) is 0 Å². The second-order valence-corrected chi connectivity index (χ2v) is 17.3. The van der Waals surface area contributed by atoms with Crippen LogP contribution in [-0.2, 0) is 10.8 Å². The molecule has 0 spiro atoms. The summed E-state index contributed by atoms with van der Waals surface area (Å²) in [5.74, 6) is 0.541. The average molecular weight is 577 g/mol. The third-order valence-corrected chi connectivity index (χ3v) is 12.9. The maximum absolute atomic E-state index is 12.9. The Morgan fingerprint density at radius 3 is 2.60 bits per heavy atom. The van der Waals surface area contributed by atoms with Crippen LogP contribution in [0.2, 0.25) is 18.1 Å². The van der Waals surface area contributed by atoms with Gasteiger partial charge in [-0.1, -0.05) is 63.2 Å². The Labute approximate surface area is 242 Å². The first kappa shape index (κ1) is 29.7. The number of thiazole rings is 1. The van der Waals surface area contributed by atoms with E-state index in [0.29, 0.717) is 18.7 Å². The van der Waals surface area contributed by atoms with E-state index in [2.05, 4.69) is 84.9 Å². The smallest absolute Gasteiger partial charge is 0.271 e. The van der Waals surface area contributed by atoms with Gasteiger partial charge < -0.3 is 19.5 Å². The van der Waals surface area contributed by atoms with Gasteiger partial charge in [0.25, 0.3) is 5.91 Å². The number of rotatable bonds is 12. The molecule has 0 bridgehead atoms. The predicted molar refractivity (Wildman–Crippen MR) is 164 cm³/mol. The lowest BCUT2D eigenvalue weighted by Gasteiger charge is -2.40. The Balaban J connectivity index is 1.40. The standard InChI is InChI=1S/C31H40N4O3SSi/c1-22(38-40(5,6)31(2,3)4)26(35-30(36)27-19-32-21-33-27)15-16-37-25-14-10-13-24(18-25)28-20-39-29(34-28)17-23-11-8-7-9-12-23/h7-14,18-22,26H,15-17H2,1-6H3,(H,32,33)(H,35,36)/t22-,26+/m0/s1. The van der Waals surface area contributed by atoms with Gasteiger partial charge in [0, 0.05) is 30.0 Å². The molecule has 7 nitrogen and oxygen atoms in total. The van der Waals surface area contributed by atoms with E-state index in [1.54, 1.807) is 17.5 Å². The average Bonchev–Trinajstić information content (AvgIpc) is 3.61. The van der Waals surface area contributed by atoms with Gasteiger partial charge in [0.2, 0.25) is 0 Å². The van der Waals surface area contributed by atoms with E-state index in [9.17, 15) is 4.79 Å². The van der Waals surface area contributed by atoms with Gasteiger partial charge in [0.1, 0.15) is 11.4 Å². The first-order valence-corrected chi connectivity index (χ1v) is 17.5. The fourth-order valence-electron chi connectivity index (χ4n) is 4.12. The zero-order valence-corrected chi connectivity index (χ0v) is 26.0. The van der Waals surface area contributed by atoms with Crippen LogP contribution in [0.1, 0.15) is 55.2 Å². The molecule has 9 heteroatoms. The van der Waals surface area contributed by atoms with Gasteiger partial charge in [0.15, 0.2) is 8.32 Å². The van der Waals surface area contributed by atoms with E-state index in [1.807, 2.05) is 31.2 Å². The Hall–Kier alpha value is -3.27. The highest BCUT2D eigenvalue weighted by atomic mass is 32.1. The molecule has 4 rings (SSSR count). The van der Waals surface area contributed by atoms with E-state index in [-0.39, 0.29) is 23.1 Å². The van der Waals surface area contributed by atoms with Crippen LogP contribution in [0.25, 0.3) is 11.3 Å². The lowest BCUT2D eigenvalue weighted by Crippen LogP contribution is -2.51. The molecule has 1 amide bonds. The minimum atomic E-state index is -2.04. The lowest BCUT2D eigenvalue weighted by atomic mass is 10.1. The van der Waals surface area contributed by atoms with E-state index in [4.69, 9.17) is 14.1 Å². The van der Waals surface area contributed by atoms with Crippen molar-refractivity contribution in [3.63, 3.8) is 0 Å². The minimum Gasteiger partial charge on any atom is -0.493 e. The lowest BCUT2D eigenvalue weighted by molar-refractivity contribution is 0.0842. The summed E-state index contributed by atoms with van der Waals surface area (Å²) in [6.07, 6.45) is 4.33. The van der Waals surface area contributed by atoms with Gasteiger partial charge in [-0.05, 0) is 42.8 Å². The second kappa shape index (κ2) is 12.9. The van der Waals surface area contributed by atoms with E-state index in [0.717, 1.165) is 28.4 Å². The van der Waals surface area contributed by atoms with Crippen molar-refractivity contribution < 1.29 is 14.0 Å². The number of aromatic amines is 1. The fourth-order valence-corrected chi connectivity index (χ4v) is 6.40. The molecule has 2 N–H and O–H groups in total. The number of benzene rings is 2. The Bertz CT molecular complexity index is 1370. The van der Waals surface area contributed by atoms with Crippen LogP contribution in [0.5, 0.6) is 5.75 Å². The van der Waals surface area contributed by atoms with E-state index in [1.165, 1.54) is 11.9 Å². The Kier molecular flexibility index (Phi) is 9.60. The molecule has 2 atom stereocenters. The molecule has 4 aromatic rings. The number of imidazole rings is 1. The number of nitrogens with one attached hydrogen (secondary N) is 2. The number of H-pyrrole nitrogens is 1. The quantitative estimate of drug-likeness (QED) is 0.176. The number of hydrogen-bond donors (Lipinski definition) is 2. The normalized spacial score (nSPS) is 13.6. The molecule has 0 aliphatic rings. The van der Waals surface area contributed by atoms with Crippen molar-refractivity contribution >= 4 is 25.6 Å². The summed E-state index contributed by atoms with van der Waals surface area (Å²) < 4.78 is 12.8. The van der Waals surface area contributed by atoms with Crippen molar-refractivity contribution in [3.8, 4) is 17.0 Å². The zero-order chi connectivity index (χ0) is 28.8. The number of hydrogen-bond acceptors (Lipinski definition) is 6. The Morgan fingerprint density at radius 2 is 1.90 bits per heavy atom. The number of amides is 1.